The van der Waals surface area contributed by atoms with Crippen molar-refractivity contribution < 1.29 is 13.2 Å². The van der Waals surface area contributed by atoms with Crippen LogP contribution in [-0.2, 0) is 27.7 Å². The maximum atomic E-state index is 12.2. The maximum Gasteiger partial charge on any atom is 0.240 e. The number of nitrogens with one attached hydrogen (secondary N) is 2. The summed E-state index contributed by atoms with van der Waals surface area (Å²) in [6, 6.07) is 14.9. The van der Waals surface area contributed by atoms with Gasteiger partial charge in [-0.1, -0.05) is 48.9 Å². The lowest BCUT2D eigenvalue weighted by Crippen LogP contribution is -2.34. The average Bonchev–Trinajstić information content (AvgIpc) is 2.65. The fourth-order valence-electron chi connectivity index (χ4n) is 2.48. The summed E-state index contributed by atoms with van der Waals surface area (Å²) in [6.45, 7) is 4.46. The summed E-state index contributed by atoms with van der Waals surface area (Å²) in [6.07, 6.45) is 1.91. The first-order valence-corrected chi connectivity index (χ1v) is 10.3. The molecule has 5 nitrogen and oxygen atoms in total. The van der Waals surface area contributed by atoms with Gasteiger partial charge < -0.3 is 5.32 Å². The summed E-state index contributed by atoms with van der Waals surface area (Å²) in [4.78, 5) is 12.1. The number of hydrogen-bond acceptors (Lipinski definition) is 3. The molecule has 140 valence electrons. The molecule has 2 aromatic rings. The van der Waals surface area contributed by atoms with Gasteiger partial charge in [-0.2, -0.15) is 0 Å². The largest absolute Gasteiger partial charge is 0.355 e. The Bertz CT molecular complexity index is 813. The molecule has 0 aliphatic rings. The Morgan fingerprint density at radius 1 is 0.923 bits per heavy atom. The van der Waals surface area contributed by atoms with Crippen molar-refractivity contribution in [2.75, 3.05) is 13.1 Å². The quantitative estimate of drug-likeness (QED) is 0.663. The number of amides is 1. The van der Waals surface area contributed by atoms with E-state index in [1.54, 1.807) is 24.3 Å². The molecule has 0 spiro atoms. The molecule has 2 aromatic carbocycles. The van der Waals surface area contributed by atoms with E-state index in [0.29, 0.717) is 12.8 Å². The Balaban J connectivity index is 1.71. The topological polar surface area (TPSA) is 75.3 Å². The van der Waals surface area contributed by atoms with Gasteiger partial charge in [0.15, 0.2) is 0 Å². The molecule has 0 aromatic heterocycles. The third kappa shape index (κ3) is 6.28. The van der Waals surface area contributed by atoms with Gasteiger partial charge in [0.2, 0.25) is 15.9 Å². The van der Waals surface area contributed by atoms with E-state index in [1.165, 1.54) is 5.56 Å². The summed E-state index contributed by atoms with van der Waals surface area (Å²) in [5.74, 6) is -0.0860. The number of aryl methyl sites for hydroxylation is 3. The van der Waals surface area contributed by atoms with Crippen LogP contribution in [0.5, 0.6) is 0 Å². The van der Waals surface area contributed by atoms with Crippen molar-refractivity contribution in [2.45, 2.75) is 38.0 Å². The van der Waals surface area contributed by atoms with Gasteiger partial charge in [-0.3, -0.25) is 4.79 Å². The summed E-state index contributed by atoms with van der Waals surface area (Å²) >= 11 is 0. The molecule has 0 saturated carbocycles. The molecule has 0 bridgehead atoms. The number of benzene rings is 2. The third-order valence-electron chi connectivity index (χ3n) is 4.14. The molecule has 0 heterocycles. The highest BCUT2D eigenvalue weighted by atomic mass is 32.2. The van der Waals surface area contributed by atoms with Crippen molar-refractivity contribution in [3.63, 3.8) is 0 Å². The van der Waals surface area contributed by atoms with Crippen molar-refractivity contribution >= 4 is 15.9 Å². The highest BCUT2D eigenvalue weighted by molar-refractivity contribution is 7.89. The lowest BCUT2D eigenvalue weighted by Gasteiger charge is -2.09. The van der Waals surface area contributed by atoms with Gasteiger partial charge in [0, 0.05) is 19.5 Å². The SMILES string of the molecule is CCc1ccc(S(=O)(=O)NCCNC(=O)CCc2ccc(C)cc2)cc1. The Labute approximate surface area is 155 Å². The molecule has 2 N–H and O–H groups in total. The molecular formula is C20H26N2O3S. The van der Waals surface area contributed by atoms with Crippen molar-refractivity contribution in [1.29, 1.82) is 0 Å². The van der Waals surface area contributed by atoms with Crippen LogP contribution in [-0.4, -0.2) is 27.4 Å². The number of rotatable bonds is 9. The standard InChI is InChI=1S/C20H26N2O3S/c1-3-17-8-11-19(12-9-17)26(24,25)22-15-14-21-20(23)13-10-18-6-4-16(2)5-7-18/h4-9,11-12,22H,3,10,13-15H2,1-2H3,(H,21,23). The van der Waals surface area contributed by atoms with E-state index < -0.39 is 10.0 Å². The summed E-state index contributed by atoms with van der Waals surface area (Å²) in [7, 11) is -3.54. The van der Waals surface area contributed by atoms with E-state index in [1.807, 2.05) is 38.1 Å². The van der Waals surface area contributed by atoms with Gasteiger partial charge in [-0.15, -0.1) is 0 Å². The van der Waals surface area contributed by atoms with Crippen LogP contribution in [0.4, 0.5) is 0 Å². The highest BCUT2D eigenvalue weighted by Crippen LogP contribution is 2.10. The van der Waals surface area contributed by atoms with Crippen LogP contribution in [0.25, 0.3) is 0 Å². The lowest BCUT2D eigenvalue weighted by molar-refractivity contribution is -0.121. The molecule has 2 rings (SSSR count). The number of carbonyl (C=O) groups is 1. The Morgan fingerprint density at radius 3 is 2.15 bits per heavy atom. The summed E-state index contributed by atoms with van der Waals surface area (Å²) < 4.78 is 26.9. The van der Waals surface area contributed by atoms with Gasteiger partial charge in [0.25, 0.3) is 0 Å². The van der Waals surface area contributed by atoms with E-state index in [-0.39, 0.29) is 23.9 Å². The van der Waals surface area contributed by atoms with E-state index in [4.69, 9.17) is 0 Å². The van der Waals surface area contributed by atoms with Crippen molar-refractivity contribution in [1.82, 2.24) is 10.0 Å². The molecule has 0 atom stereocenters. The van der Waals surface area contributed by atoms with E-state index in [0.717, 1.165) is 17.5 Å². The molecule has 0 saturated heterocycles. The van der Waals surface area contributed by atoms with Crippen LogP contribution in [0.15, 0.2) is 53.4 Å². The first-order chi connectivity index (χ1) is 12.4. The van der Waals surface area contributed by atoms with Gasteiger partial charge in [0.05, 0.1) is 4.90 Å². The normalized spacial score (nSPS) is 11.3. The lowest BCUT2D eigenvalue weighted by atomic mass is 10.1. The zero-order valence-corrected chi connectivity index (χ0v) is 16.1. The average molecular weight is 375 g/mol. The Hall–Kier alpha value is -2.18. The minimum atomic E-state index is -3.54. The first kappa shape index (κ1) is 20.1. The zero-order valence-electron chi connectivity index (χ0n) is 15.3. The van der Waals surface area contributed by atoms with Crippen LogP contribution in [0, 0.1) is 6.92 Å². The van der Waals surface area contributed by atoms with Gasteiger partial charge in [-0.25, -0.2) is 13.1 Å². The van der Waals surface area contributed by atoms with Crippen molar-refractivity contribution in [3.05, 3.63) is 65.2 Å². The number of sulfonamides is 1. The van der Waals surface area contributed by atoms with Crippen LogP contribution in [0.3, 0.4) is 0 Å². The van der Waals surface area contributed by atoms with Gasteiger partial charge in [0.1, 0.15) is 0 Å². The summed E-state index contributed by atoms with van der Waals surface area (Å²) in [5, 5.41) is 2.74. The highest BCUT2D eigenvalue weighted by Gasteiger charge is 2.13. The van der Waals surface area contributed by atoms with Crippen molar-refractivity contribution in [3.8, 4) is 0 Å². The molecule has 0 fully saturated rings. The second kappa shape index (κ2) is 9.50. The second-order valence-electron chi connectivity index (χ2n) is 6.23. The molecule has 1 amide bonds. The van der Waals surface area contributed by atoms with Crippen LogP contribution < -0.4 is 10.0 Å². The van der Waals surface area contributed by atoms with Crippen LogP contribution >= 0.6 is 0 Å². The molecule has 6 heteroatoms. The smallest absolute Gasteiger partial charge is 0.240 e. The first-order valence-electron chi connectivity index (χ1n) is 8.81. The van der Waals surface area contributed by atoms with Gasteiger partial charge >= 0.3 is 0 Å². The molecule has 0 unspecified atom stereocenters. The third-order valence-corrected chi connectivity index (χ3v) is 5.62. The maximum absolute atomic E-state index is 12.2. The van der Waals surface area contributed by atoms with Crippen LogP contribution in [0.1, 0.15) is 30.0 Å². The predicted octanol–water partition coefficient (Wildman–Crippen LogP) is 2.58. The van der Waals surface area contributed by atoms with Gasteiger partial charge in [-0.05, 0) is 43.0 Å². The fourth-order valence-corrected chi connectivity index (χ4v) is 3.51. The minimum Gasteiger partial charge on any atom is -0.355 e. The predicted molar refractivity (Wildman–Crippen MR) is 104 cm³/mol. The molecule has 0 radical (unpaired) electrons. The molecular weight excluding hydrogens is 348 g/mol. The molecule has 0 aliphatic heterocycles. The van der Waals surface area contributed by atoms with E-state index in [9.17, 15) is 13.2 Å². The Morgan fingerprint density at radius 2 is 1.54 bits per heavy atom. The molecule has 0 aliphatic carbocycles. The monoisotopic (exact) mass is 374 g/mol. The fraction of sp³-hybridized carbons (Fsp3) is 0.350. The number of carbonyl (C=O) groups excluding carboxylic acids is 1. The molecule has 26 heavy (non-hydrogen) atoms. The Kier molecular flexibility index (Phi) is 7.36. The zero-order chi connectivity index (χ0) is 19.0. The minimum absolute atomic E-state index is 0.0860. The van der Waals surface area contributed by atoms with Crippen molar-refractivity contribution in [2.24, 2.45) is 0 Å². The summed E-state index contributed by atoms with van der Waals surface area (Å²) in [5.41, 5.74) is 3.39. The number of hydrogen-bond donors (Lipinski definition) is 2. The van der Waals surface area contributed by atoms with E-state index >= 15 is 0 Å². The van der Waals surface area contributed by atoms with E-state index in [2.05, 4.69) is 10.0 Å². The second-order valence-corrected chi connectivity index (χ2v) is 8.00. The van der Waals surface area contributed by atoms with Crippen LogP contribution in [0.2, 0.25) is 0 Å².